The second kappa shape index (κ2) is 7.71. The number of nitrogen functional groups attached to an aromatic ring is 1. The molecule has 3 aromatic rings. The maximum atomic E-state index is 12.3. The van der Waals surface area contributed by atoms with Crippen molar-refractivity contribution < 1.29 is 4.79 Å². The Bertz CT molecular complexity index is 858. The highest BCUT2D eigenvalue weighted by Crippen LogP contribution is 2.26. The standard InChI is InChI=1S/C17H19N5OS2/c1-11(2)12-6-3-4-7-13(12)19-15(23)10-25-17-21-20-16(22(17)18)14-8-5-9-24-14/h3-9,11H,10,18H2,1-2H3,(H,19,23). The molecule has 0 aliphatic rings. The third-order valence-electron chi connectivity index (χ3n) is 3.60. The Morgan fingerprint density at radius 1 is 1.28 bits per heavy atom. The zero-order chi connectivity index (χ0) is 17.8. The number of rotatable bonds is 6. The lowest BCUT2D eigenvalue weighted by atomic mass is 10.0. The van der Waals surface area contributed by atoms with Gasteiger partial charge in [0.2, 0.25) is 11.1 Å². The molecular weight excluding hydrogens is 354 g/mol. The van der Waals surface area contributed by atoms with Crippen molar-refractivity contribution in [2.24, 2.45) is 0 Å². The molecule has 2 aromatic heterocycles. The van der Waals surface area contributed by atoms with Gasteiger partial charge in [-0.3, -0.25) is 4.79 Å². The van der Waals surface area contributed by atoms with E-state index in [1.54, 1.807) is 11.3 Å². The van der Waals surface area contributed by atoms with Crippen LogP contribution in [0.4, 0.5) is 5.69 Å². The van der Waals surface area contributed by atoms with E-state index >= 15 is 0 Å². The summed E-state index contributed by atoms with van der Waals surface area (Å²) in [6, 6.07) is 11.7. The third kappa shape index (κ3) is 4.02. The largest absolute Gasteiger partial charge is 0.335 e. The van der Waals surface area contributed by atoms with E-state index in [1.807, 2.05) is 41.8 Å². The van der Waals surface area contributed by atoms with Crippen LogP contribution in [0.2, 0.25) is 0 Å². The van der Waals surface area contributed by atoms with E-state index in [2.05, 4.69) is 29.4 Å². The number of thiophene rings is 1. The van der Waals surface area contributed by atoms with E-state index in [0.717, 1.165) is 16.1 Å². The van der Waals surface area contributed by atoms with Gasteiger partial charge in [0.05, 0.1) is 10.6 Å². The monoisotopic (exact) mass is 373 g/mol. The summed E-state index contributed by atoms with van der Waals surface area (Å²) < 4.78 is 1.42. The van der Waals surface area contributed by atoms with Gasteiger partial charge in [0.25, 0.3) is 0 Å². The van der Waals surface area contributed by atoms with Crippen LogP contribution < -0.4 is 11.2 Å². The van der Waals surface area contributed by atoms with Crippen LogP contribution in [0.1, 0.15) is 25.3 Å². The van der Waals surface area contributed by atoms with Gasteiger partial charge < -0.3 is 11.2 Å². The van der Waals surface area contributed by atoms with Gasteiger partial charge in [0.1, 0.15) is 0 Å². The molecule has 25 heavy (non-hydrogen) atoms. The number of carbonyl (C=O) groups excluding carboxylic acids is 1. The smallest absolute Gasteiger partial charge is 0.234 e. The average molecular weight is 374 g/mol. The molecule has 6 nitrogen and oxygen atoms in total. The number of anilines is 1. The fourth-order valence-corrected chi connectivity index (χ4v) is 3.74. The molecule has 2 heterocycles. The van der Waals surface area contributed by atoms with Crippen LogP contribution in [-0.2, 0) is 4.79 Å². The molecule has 130 valence electrons. The number of aromatic nitrogens is 3. The first-order valence-corrected chi connectivity index (χ1v) is 9.68. The molecule has 0 atom stereocenters. The predicted molar refractivity (Wildman–Crippen MR) is 103 cm³/mol. The number of hydrogen-bond donors (Lipinski definition) is 2. The first-order chi connectivity index (χ1) is 12.1. The van der Waals surface area contributed by atoms with Gasteiger partial charge in [0, 0.05) is 5.69 Å². The van der Waals surface area contributed by atoms with Gasteiger partial charge in [-0.25, -0.2) is 4.68 Å². The number of nitrogens with one attached hydrogen (secondary N) is 1. The summed E-state index contributed by atoms with van der Waals surface area (Å²) in [5.74, 6) is 7.10. The minimum atomic E-state index is -0.0984. The first kappa shape index (κ1) is 17.5. The summed E-state index contributed by atoms with van der Waals surface area (Å²) in [6.07, 6.45) is 0. The Hall–Kier alpha value is -2.32. The molecule has 1 amide bonds. The molecule has 3 N–H and O–H groups in total. The number of thioether (sulfide) groups is 1. The lowest BCUT2D eigenvalue weighted by Gasteiger charge is -2.13. The van der Waals surface area contributed by atoms with Gasteiger partial charge >= 0.3 is 0 Å². The Morgan fingerprint density at radius 3 is 2.80 bits per heavy atom. The molecule has 0 saturated heterocycles. The van der Waals surface area contributed by atoms with E-state index in [0.29, 0.717) is 16.9 Å². The molecule has 0 spiro atoms. The summed E-state index contributed by atoms with van der Waals surface area (Å²) in [5, 5.41) is 13.6. The molecule has 8 heteroatoms. The molecule has 0 aliphatic carbocycles. The van der Waals surface area contributed by atoms with Crippen LogP contribution in [0.5, 0.6) is 0 Å². The topological polar surface area (TPSA) is 85.8 Å². The van der Waals surface area contributed by atoms with Crippen molar-refractivity contribution in [1.82, 2.24) is 14.9 Å². The second-order valence-electron chi connectivity index (χ2n) is 5.73. The minimum absolute atomic E-state index is 0.0984. The predicted octanol–water partition coefficient (Wildman–Crippen LogP) is 3.57. The molecule has 0 aliphatic heterocycles. The average Bonchev–Trinajstić information content (AvgIpc) is 3.23. The van der Waals surface area contributed by atoms with Gasteiger partial charge in [-0.2, -0.15) is 0 Å². The first-order valence-electron chi connectivity index (χ1n) is 7.82. The Balaban J connectivity index is 1.64. The lowest BCUT2D eigenvalue weighted by molar-refractivity contribution is -0.113. The van der Waals surface area contributed by atoms with Crippen molar-refractivity contribution >= 4 is 34.7 Å². The number of para-hydroxylation sites is 1. The number of carbonyl (C=O) groups is 1. The summed E-state index contributed by atoms with van der Waals surface area (Å²) >= 11 is 2.81. The van der Waals surface area contributed by atoms with Gasteiger partial charge in [0.15, 0.2) is 5.82 Å². The molecular formula is C17H19N5OS2. The molecule has 1 aromatic carbocycles. The van der Waals surface area contributed by atoms with E-state index < -0.39 is 0 Å². The number of benzene rings is 1. The number of amides is 1. The molecule has 3 rings (SSSR count). The fraction of sp³-hybridized carbons (Fsp3) is 0.235. The Kier molecular flexibility index (Phi) is 5.40. The maximum Gasteiger partial charge on any atom is 0.234 e. The summed E-state index contributed by atoms with van der Waals surface area (Å²) in [4.78, 5) is 13.2. The summed E-state index contributed by atoms with van der Waals surface area (Å²) in [7, 11) is 0. The highest BCUT2D eigenvalue weighted by molar-refractivity contribution is 7.99. The zero-order valence-electron chi connectivity index (χ0n) is 14.0. The lowest BCUT2D eigenvalue weighted by Crippen LogP contribution is -2.17. The highest BCUT2D eigenvalue weighted by Gasteiger charge is 2.15. The SMILES string of the molecule is CC(C)c1ccccc1NC(=O)CSc1nnc(-c2cccs2)n1N. The van der Waals surface area contributed by atoms with Crippen molar-refractivity contribution in [2.45, 2.75) is 24.9 Å². The van der Waals surface area contributed by atoms with E-state index in [9.17, 15) is 4.79 Å². The molecule has 0 bridgehead atoms. The van der Waals surface area contributed by atoms with Crippen LogP contribution in [0.15, 0.2) is 46.9 Å². The quantitative estimate of drug-likeness (QED) is 0.509. The van der Waals surface area contributed by atoms with Crippen LogP contribution in [0.3, 0.4) is 0 Å². The van der Waals surface area contributed by atoms with Gasteiger partial charge in [-0.05, 0) is 29.0 Å². The van der Waals surface area contributed by atoms with Crippen molar-refractivity contribution in [3.8, 4) is 10.7 Å². The van der Waals surface area contributed by atoms with E-state index in [4.69, 9.17) is 5.84 Å². The summed E-state index contributed by atoms with van der Waals surface area (Å²) in [5.41, 5.74) is 1.96. The maximum absolute atomic E-state index is 12.3. The van der Waals surface area contributed by atoms with Crippen LogP contribution in [-0.4, -0.2) is 26.5 Å². The normalized spacial score (nSPS) is 11.0. The molecule has 0 radical (unpaired) electrons. The third-order valence-corrected chi connectivity index (χ3v) is 5.40. The van der Waals surface area contributed by atoms with Gasteiger partial charge in [-0.15, -0.1) is 21.5 Å². The molecule has 0 saturated carbocycles. The number of nitrogens with two attached hydrogens (primary N) is 1. The fourth-order valence-electron chi connectivity index (χ4n) is 2.38. The number of nitrogens with zero attached hydrogens (tertiary/aromatic N) is 3. The van der Waals surface area contributed by atoms with Crippen LogP contribution in [0.25, 0.3) is 10.7 Å². The molecule has 0 unspecified atom stereocenters. The van der Waals surface area contributed by atoms with E-state index in [-0.39, 0.29) is 11.7 Å². The Labute approximate surface area is 154 Å². The summed E-state index contributed by atoms with van der Waals surface area (Å²) in [6.45, 7) is 4.20. The Morgan fingerprint density at radius 2 is 2.08 bits per heavy atom. The molecule has 0 fully saturated rings. The van der Waals surface area contributed by atoms with Crippen molar-refractivity contribution in [1.29, 1.82) is 0 Å². The van der Waals surface area contributed by atoms with Crippen LogP contribution >= 0.6 is 23.1 Å². The second-order valence-corrected chi connectivity index (χ2v) is 7.62. The zero-order valence-corrected chi connectivity index (χ0v) is 15.6. The number of hydrogen-bond acceptors (Lipinski definition) is 6. The van der Waals surface area contributed by atoms with Crippen LogP contribution in [0, 0.1) is 0 Å². The van der Waals surface area contributed by atoms with Crippen molar-refractivity contribution in [3.63, 3.8) is 0 Å². The minimum Gasteiger partial charge on any atom is -0.335 e. The van der Waals surface area contributed by atoms with E-state index in [1.165, 1.54) is 16.4 Å². The van der Waals surface area contributed by atoms with Crippen molar-refractivity contribution in [2.75, 3.05) is 16.9 Å². The van der Waals surface area contributed by atoms with Crippen molar-refractivity contribution in [3.05, 3.63) is 47.3 Å². The van der Waals surface area contributed by atoms with Gasteiger partial charge in [-0.1, -0.05) is 49.9 Å². The highest BCUT2D eigenvalue weighted by atomic mass is 32.2.